The van der Waals surface area contributed by atoms with Crippen molar-refractivity contribution in [2.45, 2.75) is 23.6 Å². The van der Waals surface area contributed by atoms with Crippen molar-refractivity contribution in [2.75, 3.05) is 18.8 Å². The van der Waals surface area contributed by atoms with Crippen molar-refractivity contribution in [2.24, 2.45) is 0 Å². The van der Waals surface area contributed by atoms with Crippen molar-refractivity contribution in [3.05, 3.63) is 58.6 Å². The van der Waals surface area contributed by atoms with E-state index in [1.807, 2.05) is 31.2 Å². The maximum Gasteiger partial charge on any atom is 0.240 e. The van der Waals surface area contributed by atoms with Crippen molar-refractivity contribution >= 4 is 39.3 Å². The van der Waals surface area contributed by atoms with Crippen molar-refractivity contribution in [3.63, 3.8) is 0 Å². The van der Waals surface area contributed by atoms with Crippen molar-refractivity contribution in [3.8, 4) is 0 Å². The first-order chi connectivity index (χ1) is 12.3. The van der Waals surface area contributed by atoms with E-state index in [4.69, 9.17) is 11.6 Å². The molecule has 2 N–H and O–H groups in total. The van der Waals surface area contributed by atoms with E-state index in [0.717, 1.165) is 10.5 Å². The summed E-state index contributed by atoms with van der Waals surface area (Å²) in [4.78, 5) is 13.0. The van der Waals surface area contributed by atoms with E-state index in [-0.39, 0.29) is 29.6 Å². The van der Waals surface area contributed by atoms with Crippen LogP contribution in [0.4, 0.5) is 0 Å². The van der Waals surface area contributed by atoms with Gasteiger partial charge in [-0.3, -0.25) is 4.79 Å². The summed E-state index contributed by atoms with van der Waals surface area (Å²) in [5.74, 6) is 0.0360. The monoisotopic (exact) mass is 412 g/mol. The smallest absolute Gasteiger partial charge is 0.240 e. The maximum absolute atomic E-state index is 12.4. The first-order valence-electron chi connectivity index (χ1n) is 8.00. The minimum Gasteiger partial charge on any atom is -0.354 e. The quantitative estimate of drug-likeness (QED) is 0.516. The largest absolute Gasteiger partial charge is 0.354 e. The van der Waals surface area contributed by atoms with E-state index < -0.39 is 10.0 Å². The summed E-state index contributed by atoms with van der Waals surface area (Å²) in [6.45, 7) is 3.93. The highest BCUT2D eigenvalue weighted by molar-refractivity contribution is 8.00. The molecule has 0 aliphatic carbocycles. The number of nitrogens with one attached hydrogen (secondary N) is 2. The van der Waals surface area contributed by atoms with Crippen molar-refractivity contribution in [1.29, 1.82) is 0 Å². The number of halogens is 1. The summed E-state index contributed by atoms with van der Waals surface area (Å²) in [6.07, 6.45) is 0. The summed E-state index contributed by atoms with van der Waals surface area (Å²) in [7, 11) is -3.60. The summed E-state index contributed by atoms with van der Waals surface area (Å²) in [5, 5.41) is 3.30. The van der Waals surface area contributed by atoms with Crippen LogP contribution in [0.1, 0.15) is 11.1 Å². The molecule has 0 spiro atoms. The number of hydrogen-bond acceptors (Lipinski definition) is 4. The number of rotatable bonds is 8. The van der Waals surface area contributed by atoms with Gasteiger partial charge in [-0.05, 0) is 43.2 Å². The molecule has 5 nitrogen and oxygen atoms in total. The summed E-state index contributed by atoms with van der Waals surface area (Å²) in [5.41, 5.74) is 1.56. The highest BCUT2D eigenvalue weighted by atomic mass is 35.5. The van der Waals surface area contributed by atoms with Gasteiger partial charge in [-0.2, -0.15) is 0 Å². The number of sulfonamides is 1. The Morgan fingerprint density at radius 3 is 2.58 bits per heavy atom. The Kier molecular flexibility index (Phi) is 7.52. The highest BCUT2D eigenvalue weighted by Gasteiger charge is 2.16. The Balaban J connectivity index is 1.78. The molecule has 0 aliphatic rings. The van der Waals surface area contributed by atoms with Crippen LogP contribution in [-0.4, -0.2) is 33.2 Å². The van der Waals surface area contributed by atoms with Crippen LogP contribution in [0.5, 0.6) is 0 Å². The normalized spacial score (nSPS) is 11.3. The second-order valence-corrected chi connectivity index (χ2v) is 8.90. The molecule has 8 heteroatoms. The second-order valence-electron chi connectivity index (χ2n) is 5.74. The number of hydrogen-bond donors (Lipinski definition) is 2. The SMILES string of the molecule is Cc1ccc(C)c(S(=O)(=O)NCCNC(=O)CSc2ccccc2Cl)c1. The molecular formula is C18H21ClN2O3S2. The first kappa shape index (κ1) is 20.8. The zero-order valence-corrected chi connectivity index (χ0v) is 17.0. The van der Waals surface area contributed by atoms with Gasteiger partial charge >= 0.3 is 0 Å². The third kappa shape index (κ3) is 6.02. The fourth-order valence-corrected chi connectivity index (χ4v) is 4.65. The van der Waals surface area contributed by atoms with Crippen LogP contribution in [-0.2, 0) is 14.8 Å². The van der Waals surface area contributed by atoms with Gasteiger partial charge in [0.05, 0.1) is 15.7 Å². The molecular weight excluding hydrogens is 392 g/mol. The average Bonchev–Trinajstić information content (AvgIpc) is 2.60. The molecule has 0 heterocycles. The lowest BCUT2D eigenvalue weighted by Gasteiger charge is -2.11. The molecule has 2 aromatic rings. The Morgan fingerprint density at radius 1 is 1.12 bits per heavy atom. The lowest BCUT2D eigenvalue weighted by molar-refractivity contribution is -0.118. The third-order valence-electron chi connectivity index (χ3n) is 3.57. The molecule has 2 rings (SSSR count). The molecule has 2 aromatic carbocycles. The molecule has 0 fully saturated rings. The predicted molar refractivity (Wildman–Crippen MR) is 106 cm³/mol. The van der Waals surface area contributed by atoms with Gasteiger partial charge in [0.2, 0.25) is 15.9 Å². The Labute approximate surface area is 163 Å². The van der Waals surface area contributed by atoms with Crippen LogP contribution in [0, 0.1) is 13.8 Å². The van der Waals surface area contributed by atoms with Crippen LogP contribution in [0.15, 0.2) is 52.3 Å². The van der Waals surface area contributed by atoms with Gasteiger partial charge in [-0.1, -0.05) is 35.9 Å². The highest BCUT2D eigenvalue weighted by Crippen LogP contribution is 2.26. The van der Waals surface area contributed by atoms with Gasteiger partial charge in [0.1, 0.15) is 0 Å². The first-order valence-corrected chi connectivity index (χ1v) is 10.9. The molecule has 140 valence electrons. The van der Waals surface area contributed by atoms with E-state index >= 15 is 0 Å². The maximum atomic E-state index is 12.4. The van der Waals surface area contributed by atoms with Gasteiger partial charge in [0.15, 0.2) is 0 Å². The average molecular weight is 413 g/mol. The number of benzene rings is 2. The van der Waals surface area contributed by atoms with Crippen molar-refractivity contribution in [1.82, 2.24) is 10.0 Å². The molecule has 1 amide bonds. The molecule has 0 unspecified atom stereocenters. The molecule has 0 radical (unpaired) electrons. The van der Waals surface area contributed by atoms with E-state index in [1.54, 1.807) is 25.1 Å². The molecule has 0 atom stereocenters. The van der Waals surface area contributed by atoms with E-state index in [0.29, 0.717) is 10.6 Å². The Morgan fingerprint density at radius 2 is 1.85 bits per heavy atom. The van der Waals surface area contributed by atoms with E-state index in [2.05, 4.69) is 10.0 Å². The van der Waals surface area contributed by atoms with Crippen LogP contribution in [0.25, 0.3) is 0 Å². The third-order valence-corrected chi connectivity index (χ3v) is 6.69. The van der Waals surface area contributed by atoms with Crippen molar-refractivity contribution < 1.29 is 13.2 Å². The number of carbonyl (C=O) groups is 1. The molecule has 0 bridgehead atoms. The van der Waals surface area contributed by atoms with Gasteiger partial charge in [0, 0.05) is 18.0 Å². The van der Waals surface area contributed by atoms with Crippen LogP contribution in [0.2, 0.25) is 5.02 Å². The van der Waals surface area contributed by atoms with Gasteiger partial charge in [-0.15, -0.1) is 11.8 Å². The standard InChI is InChI=1S/C18H21ClN2O3S2/c1-13-7-8-14(2)17(11-13)26(23,24)21-10-9-20-18(22)12-25-16-6-4-3-5-15(16)19/h3-8,11,21H,9-10,12H2,1-2H3,(H,20,22). The summed E-state index contributed by atoms with van der Waals surface area (Å²) >= 11 is 7.37. The lowest BCUT2D eigenvalue weighted by Crippen LogP contribution is -2.35. The van der Waals surface area contributed by atoms with Gasteiger partial charge in [-0.25, -0.2) is 13.1 Å². The molecule has 0 aliphatic heterocycles. The fraction of sp³-hybridized carbons (Fsp3) is 0.278. The number of thioether (sulfide) groups is 1. The minimum atomic E-state index is -3.60. The summed E-state index contributed by atoms with van der Waals surface area (Å²) in [6, 6.07) is 12.6. The van der Waals surface area contributed by atoms with E-state index in [9.17, 15) is 13.2 Å². The molecule has 0 aromatic heterocycles. The summed E-state index contributed by atoms with van der Waals surface area (Å²) < 4.78 is 27.2. The predicted octanol–water partition coefficient (Wildman–Crippen LogP) is 3.14. The zero-order chi connectivity index (χ0) is 19.2. The van der Waals surface area contributed by atoms with Crippen LogP contribution >= 0.6 is 23.4 Å². The Bertz CT molecular complexity index is 886. The van der Waals surface area contributed by atoms with Crippen LogP contribution in [0.3, 0.4) is 0 Å². The second kappa shape index (κ2) is 9.41. The minimum absolute atomic E-state index is 0.123. The van der Waals surface area contributed by atoms with Gasteiger partial charge in [0.25, 0.3) is 0 Å². The topological polar surface area (TPSA) is 75.3 Å². The van der Waals surface area contributed by atoms with Crippen LogP contribution < -0.4 is 10.0 Å². The molecule has 0 saturated heterocycles. The van der Waals surface area contributed by atoms with Gasteiger partial charge < -0.3 is 5.32 Å². The Hall–Kier alpha value is -1.54. The van der Waals surface area contributed by atoms with E-state index in [1.165, 1.54) is 11.8 Å². The number of aryl methyl sites for hydroxylation is 2. The molecule has 26 heavy (non-hydrogen) atoms. The number of carbonyl (C=O) groups excluding carboxylic acids is 1. The molecule has 0 saturated carbocycles. The number of amides is 1. The lowest BCUT2D eigenvalue weighted by atomic mass is 10.2. The zero-order valence-electron chi connectivity index (χ0n) is 14.6. The fourth-order valence-electron chi connectivity index (χ4n) is 2.22.